The summed E-state index contributed by atoms with van der Waals surface area (Å²) in [6, 6.07) is 10.3. The van der Waals surface area contributed by atoms with Crippen molar-refractivity contribution in [2.45, 2.75) is 26.8 Å². The summed E-state index contributed by atoms with van der Waals surface area (Å²) < 4.78 is 0. The Balaban J connectivity index is 0.00000225. The van der Waals surface area contributed by atoms with Crippen molar-refractivity contribution >= 4 is 36.5 Å². The Labute approximate surface area is 110 Å². The van der Waals surface area contributed by atoms with Crippen LogP contribution in [0.2, 0.25) is 0 Å². The maximum Gasteiger partial charge on any atom is 0.170 e. The Morgan fingerprint density at radius 1 is 1.12 bits per heavy atom. The molecule has 0 spiro atoms. The van der Waals surface area contributed by atoms with Gasteiger partial charge in [0, 0.05) is 11.7 Å². The van der Waals surface area contributed by atoms with Gasteiger partial charge in [0.15, 0.2) is 5.11 Å². The Morgan fingerprint density at radius 2 is 1.69 bits per heavy atom. The van der Waals surface area contributed by atoms with E-state index in [4.69, 9.17) is 12.2 Å². The molecule has 1 rings (SSSR count). The largest absolute Gasteiger partial charge is 0.360 e. The van der Waals surface area contributed by atoms with Crippen molar-refractivity contribution in [1.82, 2.24) is 5.32 Å². The molecule has 0 saturated carbocycles. The van der Waals surface area contributed by atoms with Crippen molar-refractivity contribution < 1.29 is 0 Å². The smallest absolute Gasteiger partial charge is 0.170 e. The second-order valence-electron chi connectivity index (χ2n) is 4.00. The van der Waals surface area contributed by atoms with Gasteiger partial charge in [-0.3, -0.25) is 0 Å². The van der Waals surface area contributed by atoms with E-state index in [1.54, 1.807) is 0 Å². The van der Waals surface area contributed by atoms with Crippen molar-refractivity contribution in [3.63, 3.8) is 0 Å². The number of para-hydroxylation sites is 1. The van der Waals surface area contributed by atoms with Crippen molar-refractivity contribution in [2.75, 3.05) is 5.32 Å². The summed E-state index contributed by atoms with van der Waals surface area (Å²) in [6.07, 6.45) is 0. The van der Waals surface area contributed by atoms with Crippen LogP contribution in [0.1, 0.15) is 20.8 Å². The second kappa shape index (κ2) is 7.52. The van der Waals surface area contributed by atoms with Gasteiger partial charge in [-0.1, -0.05) is 32.0 Å². The third-order valence-corrected chi connectivity index (χ3v) is 2.61. The number of anilines is 1. The molecule has 0 saturated heterocycles. The van der Waals surface area contributed by atoms with Gasteiger partial charge in [-0.25, -0.2) is 0 Å². The fraction of sp³-hybridized carbons (Fsp3) is 0.417. The number of benzene rings is 1. The fourth-order valence-corrected chi connectivity index (χ4v) is 1.37. The van der Waals surface area contributed by atoms with E-state index in [2.05, 4.69) is 31.4 Å². The van der Waals surface area contributed by atoms with E-state index >= 15 is 0 Å². The minimum Gasteiger partial charge on any atom is -0.360 e. The summed E-state index contributed by atoms with van der Waals surface area (Å²) in [7, 11) is 0. The number of nitrogens with one attached hydrogen (secondary N) is 2. The van der Waals surface area contributed by atoms with Crippen LogP contribution in [0.3, 0.4) is 0 Å². The molecule has 16 heavy (non-hydrogen) atoms. The van der Waals surface area contributed by atoms with Crippen molar-refractivity contribution in [1.29, 1.82) is 0 Å². The van der Waals surface area contributed by atoms with Crippen LogP contribution in [0.4, 0.5) is 5.69 Å². The molecule has 0 bridgehead atoms. The molecule has 0 heterocycles. The second-order valence-corrected chi connectivity index (χ2v) is 4.41. The molecule has 0 aliphatic heterocycles. The van der Waals surface area contributed by atoms with Crippen molar-refractivity contribution in [3.8, 4) is 0 Å². The highest BCUT2D eigenvalue weighted by Crippen LogP contribution is 2.05. The lowest BCUT2D eigenvalue weighted by molar-refractivity contribution is 0.489. The molecule has 90 valence electrons. The Kier molecular flexibility index (Phi) is 7.17. The molecule has 4 heteroatoms. The molecule has 1 atom stereocenters. The van der Waals surface area contributed by atoms with Crippen LogP contribution in [0.5, 0.6) is 0 Å². The zero-order valence-corrected chi connectivity index (χ0v) is 11.8. The Bertz CT molecular complexity index is 312. The van der Waals surface area contributed by atoms with Crippen LogP contribution in [0.25, 0.3) is 0 Å². The van der Waals surface area contributed by atoms with Crippen LogP contribution < -0.4 is 10.6 Å². The summed E-state index contributed by atoms with van der Waals surface area (Å²) >= 11 is 5.21. The quantitative estimate of drug-likeness (QED) is 0.813. The first kappa shape index (κ1) is 15.3. The molecule has 0 unspecified atom stereocenters. The summed E-state index contributed by atoms with van der Waals surface area (Å²) in [5.74, 6) is 0.570. The third kappa shape index (κ3) is 5.37. The van der Waals surface area contributed by atoms with Gasteiger partial charge in [-0.2, -0.15) is 13.5 Å². The zero-order chi connectivity index (χ0) is 11.3. The molecular weight excluding hydrogens is 236 g/mol. The molecule has 0 radical (unpaired) electrons. The number of thiocarbonyl (C=S) groups is 1. The van der Waals surface area contributed by atoms with Crippen LogP contribution in [0, 0.1) is 5.92 Å². The molecular formula is C12H20N2S2. The fourth-order valence-electron chi connectivity index (χ4n) is 1.06. The topological polar surface area (TPSA) is 24.1 Å². The molecule has 0 aliphatic carbocycles. The lowest BCUT2D eigenvalue weighted by Crippen LogP contribution is -2.38. The first-order chi connectivity index (χ1) is 7.09. The molecule has 1 aromatic carbocycles. The third-order valence-electron chi connectivity index (χ3n) is 2.39. The van der Waals surface area contributed by atoms with Gasteiger partial charge in [0.1, 0.15) is 0 Å². The van der Waals surface area contributed by atoms with E-state index in [-0.39, 0.29) is 13.5 Å². The van der Waals surface area contributed by atoms with Gasteiger partial charge >= 0.3 is 0 Å². The van der Waals surface area contributed by atoms with Crippen LogP contribution in [0.15, 0.2) is 30.3 Å². The summed E-state index contributed by atoms with van der Waals surface area (Å²) in [6.45, 7) is 6.47. The Hall–Kier alpha value is -0.740. The lowest BCUT2D eigenvalue weighted by atomic mass is 10.1. The van der Waals surface area contributed by atoms with Crippen molar-refractivity contribution in [2.24, 2.45) is 5.92 Å². The van der Waals surface area contributed by atoms with Gasteiger partial charge in [0.05, 0.1) is 0 Å². The highest BCUT2D eigenvalue weighted by Gasteiger charge is 2.07. The number of hydrogen-bond donors (Lipinski definition) is 2. The van der Waals surface area contributed by atoms with Gasteiger partial charge in [0.2, 0.25) is 0 Å². The predicted molar refractivity (Wildman–Crippen MR) is 80.5 cm³/mol. The van der Waals surface area contributed by atoms with Gasteiger partial charge < -0.3 is 10.6 Å². The monoisotopic (exact) mass is 256 g/mol. The molecule has 1 aromatic rings. The van der Waals surface area contributed by atoms with E-state index in [0.29, 0.717) is 17.1 Å². The average molecular weight is 256 g/mol. The molecule has 0 amide bonds. The van der Waals surface area contributed by atoms with Crippen LogP contribution >= 0.6 is 25.7 Å². The highest BCUT2D eigenvalue weighted by atomic mass is 32.1. The molecule has 2 nitrogen and oxygen atoms in total. The summed E-state index contributed by atoms with van der Waals surface area (Å²) in [4.78, 5) is 0. The molecule has 2 N–H and O–H groups in total. The molecule has 0 aliphatic rings. The number of rotatable bonds is 3. The van der Waals surface area contributed by atoms with Crippen LogP contribution in [-0.2, 0) is 0 Å². The first-order valence-corrected chi connectivity index (χ1v) is 5.63. The Morgan fingerprint density at radius 3 is 2.19 bits per heavy atom. The van der Waals surface area contributed by atoms with E-state index in [9.17, 15) is 0 Å². The lowest BCUT2D eigenvalue weighted by Gasteiger charge is -2.19. The number of hydrogen-bond acceptors (Lipinski definition) is 1. The van der Waals surface area contributed by atoms with E-state index in [1.807, 2.05) is 30.3 Å². The van der Waals surface area contributed by atoms with Gasteiger partial charge in [-0.15, -0.1) is 0 Å². The minimum atomic E-state index is 0. The van der Waals surface area contributed by atoms with E-state index in [1.165, 1.54) is 0 Å². The predicted octanol–water partition coefficient (Wildman–Crippen LogP) is 3.13. The van der Waals surface area contributed by atoms with Crippen LogP contribution in [-0.4, -0.2) is 11.2 Å². The van der Waals surface area contributed by atoms with Gasteiger partial charge in [-0.05, 0) is 37.2 Å². The van der Waals surface area contributed by atoms with Crippen molar-refractivity contribution in [3.05, 3.63) is 30.3 Å². The maximum atomic E-state index is 5.21. The average Bonchev–Trinajstić information content (AvgIpc) is 2.18. The van der Waals surface area contributed by atoms with Gasteiger partial charge in [0.25, 0.3) is 0 Å². The highest BCUT2D eigenvalue weighted by molar-refractivity contribution is 7.80. The normalized spacial score (nSPS) is 11.5. The zero-order valence-electron chi connectivity index (χ0n) is 9.95. The molecule has 0 aromatic heterocycles. The molecule has 0 fully saturated rings. The van der Waals surface area contributed by atoms with E-state index < -0.39 is 0 Å². The maximum absolute atomic E-state index is 5.21. The SMILES string of the molecule is CC(C)[C@H](C)NC(=S)Nc1ccccc1.S. The minimum absolute atomic E-state index is 0. The summed E-state index contributed by atoms with van der Waals surface area (Å²) in [5, 5.41) is 7.08. The summed E-state index contributed by atoms with van der Waals surface area (Å²) in [5.41, 5.74) is 1.02. The first-order valence-electron chi connectivity index (χ1n) is 5.22. The van der Waals surface area contributed by atoms with E-state index in [0.717, 1.165) is 5.69 Å². The standard InChI is InChI=1S/C12H18N2S.H2S/c1-9(2)10(3)13-12(15)14-11-7-5-4-6-8-11;/h4-10H,1-3H3,(H2,13,14,15);1H2/t10-;/m0./s1.